The van der Waals surface area contributed by atoms with Crippen molar-refractivity contribution in [2.75, 3.05) is 20.2 Å². The van der Waals surface area contributed by atoms with Crippen molar-refractivity contribution in [1.29, 1.82) is 0 Å². The van der Waals surface area contributed by atoms with Gasteiger partial charge in [-0.1, -0.05) is 30.3 Å². The summed E-state index contributed by atoms with van der Waals surface area (Å²) in [6.45, 7) is 4.97. The van der Waals surface area contributed by atoms with Gasteiger partial charge < -0.3 is 19.7 Å². The standard InChI is InChI=1S/C17H24N2O5/c1-17(2,3)24-16(22)18-10-14(20)19(12-15(21)23-4)11-13-8-6-5-7-9-13/h5-9H,10-12H2,1-4H3,(H,18,22)/i10+1,12+1,14+1,15+1. The minimum absolute atomic E-state index is 0.194. The van der Waals surface area contributed by atoms with E-state index in [1.165, 1.54) is 12.0 Å². The molecule has 1 aromatic carbocycles. The first-order chi connectivity index (χ1) is 11.2. The number of alkyl carbamates (subject to hydrolysis) is 1. The van der Waals surface area contributed by atoms with E-state index in [0.717, 1.165) is 5.56 Å². The molecule has 132 valence electrons. The fourth-order valence-corrected chi connectivity index (χ4v) is 1.83. The number of ether oxygens (including phenoxy) is 2. The molecule has 1 rings (SSSR count). The van der Waals surface area contributed by atoms with Crippen molar-refractivity contribution in [2.45, 2.75) is 32.9 Å². The van der Waals surface area contributed by atoms with Crippen molar-refractivity contribution in [3.05, 3.63) is 35.9 Å². The lowest BCUT2D eigenvalue weighted by Gasteiger charge is -2.23. The summed E-state index contributed by atoms with van der Waals surface area (Å²) in [5, 5.41) is 2.39. The molecule has 0 fully saturated rings. The Morgan fingerprint density at radius 1 is 1.12 bits per heavy atom. The maximum atomic E-state index is 12.3. The highest BCUT2D eigenvalue weighted by Gasteiger charge is 2.21. The lowest BCUT2D eigenvalue weighted by molar-refractivity contribution is -0.147. The first kappa shape index (κ1) is 19.5. The van der Waals surface area contributed by atoms with Crippen LogP contribution in [0.25, 0.3) is 0 Å². The fraction of sp³-hybridized carbons (Fsp3) is 0.471. The van der Waals surface area contributed by atoms with Crippen LogP contribution >= 0.6 is 0 Å². The fourth-order valence-electron chi connectivity index (χ4n) is 1.83. The van der Waals surface area contributed by atoms with Crippen molar-refractivity contribution in [3.63, 3.8) is 0 Å². The van der Waals surface area contributed by atoms with Crippen LogP contribution in [0.2, 0.25) is 0 Å². The number of nitrogens with zero attached hydrogens (tertiary/aromatic N) is 1. The van der Waals surface area contributed by atoms with E-state index in [9.17, 15) is 14.4 Å². The predicted octanol–water partition coefficient (Wildman–Crippen LogP) is 1.71. The minimum atomic E-state index is -0.687. The Labute approximate surface area is 141 Å². The van der Waals surface area contributed by atoms with Crippen molar-refractivity contribution in [2.24, 2.45) is 0 Å². The van der Waals surface area contributed by atoms with Gasteiger partial charge in [-0.15, -0.1) is 0 Å². The van der Waals surface area contributed by atoms with Crippen LogP contribution in [0.1, 0.15) is 26.3 Å². The molecule has 0 atom stereocenters. The first-order valence-corrected chi connectivity index (χ1v) is 7.56. The van der Waals surface area contributed by atoms with E-state index in [4.69, 9.17) is 4.74 Å². The molecule has 0 spiro atoms. The molecule has 2 amide bonds. The number of methoxy groups -OCH3 is 1. The summed E-state index contributed by atoms with van der Waals surface area (Å²) in [6, 6.07) is 9.24. The Bertz CT molecular complexity index is 566. The molecule has 7 nitrogen and oxygen atoms in total. The number of carbonyl (C=O) groups is 3. The lowest BCUT2D eigenvalue weighted by Crippen LogP contribution is -2.43. The zero-order chi connectivity index (χ0) is 18.2. The average molecular weight is 340 g/mol. The number of hydrogen-bond acceptors (Lipinski definition) is 5. The molecule has 0 aliphatic heterocycles. The molecule has 0 aromatic heterocycles. The molecular formula is C17H24N2O5. The smallest absolute Gasteiger partial charge is 0.408 e. The van der Waals surface area contributed by atoms with Gasteiger partial charge in [0.25, 0.3) is 0 Å². The number of nitrogens with one attached hydrogen (secondary N) is 1. The van der Waals surface area contributed by atoms with Gasteiger partial charge in [-0.3, -0.25) is 9.59 Å². The second-order valence-electron chi connectivity index (χ2n) is 6.17. The quantitative estimate of drug-likeness (QED) is 0.629. The summed E-state index contributed by atoms with van der Waals surface area (Å²) < 4.78 is 9.69. The highest BCUT2D eigenvalue weighted by atomic mass is 16.6. The minimum Gasteiger partial charge on any atom is -0.468 e. The molecule has 0 saturated carbocycles. The molecule has 0 aliphatic rings. The van der Waals surface area contributed by atoms with Crippen LogP contribution in [-0.4, -0.2) is 48.7 Å². The van der Waals surface area contributed by atoms with E-state index in [0.29, 0.717) is 0 Å². The molecule has 0 saturated heterocycles. The van der Waals surface area contributed by atoms with E-state index < -0.39 is 23.6 Å². The Morgan fingerprint density at radius 3 is 2.29 bits per heavy atom. The number of benzene rings is 1. The summed E-state index contributed by atoms with van der Waals surface area (Å²) in [6.07, 6.45) is -0.687. The van der Waals surface area contributed by atoms with E-state index in [1.807, 2.05) is 30.3 Å². The highest BCUT2D eigenvalue weighted by Crippen LogP contribution is 2.07. The summed E-state index contributed by atoms with van der Waals surface area (Å²) in [5.41, 5.74) is 0.218. The van der Waals surface area contributed by atoms with Crippen molar-refractivity contribution >= 4 is 18.0 Å². The average Bonchev–Trinajstić information content (AvgIpc) is 2.51. The predicted molar refractivity (Wildman–Crippen MR) is 88.1 cm³/mol. The van der Waals surface area contributed by atoms with Crippen LogP contribution < -0.4 is 5.32 Å². The van der Waals surface area contributed by atoms with E-state index in [-0.39, 0.29) is 19.6 Å². The number of rotatable bonds is 6. The molecule has 7 heteroatoms. The van der Waals surface area contributed by atoms with Gasteiger partial charge in [-0.2, -0.15) is 0 Å². The number of esters is 1. The molecule has 0 heterocycles. The molecule has 0 radical (unpaired) electrons. The van der Waals surface area contributed by atoms with Crippen LogP contribution in [0, 0.1) is 0 Å². The van der Waals surface area contributed by atoms with Crippen LogP contribution in [-0.2, 0) is 25.6 Å². The van der Waals surface area contributed by atoms with Gasteiger partial charge in [0.05, 0.1) is 7.11 Å². The topological polar surface area (TPSA) is 84.9 Å². The largest absolute Gasteiger partial charge is 0.468 e. The molecule has 1 N–H and O–H groups in total. The van der Waals surface area contributed by atoms with Crippen LogP contribution in [0.3, 0.4) is 0 Å². The normalized spacial score (nSPS) is 10.7. The number of hydrogen-bond donors (Lipinski definition) is 1. The summed E-state index contributed by atoms with van der Waals surface area (Å²) >= 11 is 0. The summed E-state index contributed by atoms with van der Waals surface area (Å²) in [4.78, 5) is 36.8. The Hall–Kier alpha value is -2.57. The maximum absolute atomic E-state index is 12.3. The molecule has 0 aliphatic carbocycles. The van der Waals surface area contributed by atoms with Gasteiger partial charge in [0.15, 0.2) is 0 Å². The summed E-state index contributed by atoms with van der Waals surface area (Å²) in [5.74, 6) is -0.938. The van der Waals surface area contributed by atoms with Gasteiger partial charge in [0, 0.05) is 6.54 Å². The third-order valence-electron chi connectivity index (χ3n) is 2.90. The zero-order valence-electron chi connectivity index (χ0n) is 14.5. The first-order valence-electron chi connectivity index (χ1n) is 7.56. The second-order valence-corrected chi connectivity index (χ2v) is 6.17. The van der Waals surface area contributed by atoms with E-state index in [1.54, 1.807) is 20.8 Å². The Morgan fingerprint density at radius 2 is 1.75 bits per heavy atom. The van der Waals surface area contributed by atoms with Gasteiger partial charge in [-0.05, 0) is 26.3 Å². The van der Waals surface area contributed by atoms with Gasteiger partial charge in [0.2, 0.25) is 5.91 Å². The lowest BCUT2D eigenvalue weighted by atomic mass is 10.2. The molecule has 1 aromatic rings. The third-order valence-corrected chi connectivity index (χ3v) is 2.90. The van der Waals surface area contributed by atoms with E-state index >= 15 is 0 Å². The van der Waals surface area contributed by atoms with Crippen molar-refractivity contribution in [3.8, 4) is 0 Å². The van der Waals surface area contributed by atoms with Crippen LogP contribution in [0.4, 0.5) is 4.79 Å². The molecular weight excluding hydrogens is 316 g/mol. The summed E-state index contributed by atoms with van der Waals surface area (Å²) in [7, 11) is 1.26. The molecule has 24 heavy (non-hydrogen) atoms. The monoisotopic (exact) mass is 340 g/mol. The van der Waals surface area contributed by atoms with Crippen LogP contribution in [0.15, 0.2) is 30.3 Å². The Balaban J connectivity index is 2.66. The molecule has 0 unspecified atom stereocenters. The highest BCUT2D eigenvalue weighted by molar-refractivity contribution is 5.85. The second kappa shape index (κ2) is 8.90. The maximum Gasteiger partial charge on any atom is 0.408 e. The van der Waals surface area contributed by atoms with Gasteiger partial charge >= 0.3 is 12.1 Å². The third kappa shape index (κ3) is 7.62. The van der Waals surface area contributed by atoms with Crippen molar-refractivity contribution in [1.82, 2.24) is 10.2 Å². The number of carbonyl (C=O) groups excluding carboxylic acids is 3. The van der Waals surface area contributed by atoms with Gasteiger partial charge in [-0.25, -0.2) is 4.79 Å². The SMILES string of the molecule is CO[13C](=O)[13CH2]N(Cc1ccccc1)[13C](=O)[13CH2]NC(=O)OC(C)(C)C. The van der Waals surface area contributed by atoms with Gasteiger partial charge in [0.1, 0.15) is 18.7 Å². The molecule has 0 bridgehead atoms. The van der Waals surface area contributed by atoms with Crippen molar-refractivity contribution < 1.29 is 23.9 Å². The van der Waals surface area contributed by atoms with Crippen LogP contribution in [0.5, 0.6) is 0 Å². The number of amides is 2. The zero-order valence-corrected chi connectivity index (χ0v) is 14.5. The Kier molecular flexibility index (Phi) is 7.23. The van der Waals surface area contributed by atoms with E-state index in [2.05, 4.69) is 10.1 Å².